The lowest BCUT2D eigenvalue weighted by Crippen LogP contribution is -2.37. The number of nitrogens with one attached hydrogen (secondary N) is 1. The monoisotopic (exact) mass is 281 g/mol. The molecule has 1 aliphatic heterocycles. The molecule has 0 atom stereocenters. The van der Waals surface area contributed by atoms with Gasteiger partial charge >= 0.3 is 0 Å². The summed E-state index contributed by atoms with van der Waals surface area (Å²) >= 11 is 0. The Bertz CT molecular complexity index is 393. The summed E-state index contributed by atoms with van der Waals surface area (Å²) in [7, 11) is 0. The Kier molecular flexibility index (Phi) is 5.51. The van der Waals surface area contributed by atoms with Crippen molar-refractivity contribution in [3.8, 4) is 0 Å². The number of ether oxygens (including phenoxy) is 1. The van der Waals surface area contributed by atoms with Gasteiger partial charge in [0.15, 0.2) is 0 Å². The second-order valence-electron chi connectivity index (χ2n) is 6.31. The molecule has 6 nitrogen and oxygen atoms in total. The third-order valence-electron chi connectivity index (χ3n) is 3.47. The number of hydrogen-bond donors (Lipinski definition) is 1. The van der Waals surface area contributed by atoms with Gasteiger partial charge in [-0.3, -0.25) is 4.90 Å². The zero-order valence-electron chi connectivity index (χ0n) is 12.9. The molecule has 0 amide bonds. The van der Waals surface area contributed by atoms with E-state index in [1.807, 2.05) is 10.9 Å². The highest BCUT2D eigenvalue weighted by Gasteiger charge is 2.14. The van der Waals surface area contributed by atoms with Crippen LogP contribution in [0.3, 0.4) is 0 Å². The van der Waals surface area contributed by atoms with E-state index in [1.54, 1.807) is 0 Å². The maximum absolute atomic E-state index is 5.34. The molecule has 0 saturated carbocycles. The number of aromatic nitrogens is 3. The van der Waals surface area contributed by atoms with Gasteiger partial charge in [0.05, 0.1) is 30.6 Å². The smallest absolute Gasteiger partial charge is 0.0965 e. The summed E-state index contributed by atoms with van der Waals surface area (Å²) in [6, 6.07) is 0. The number of rotatable bonds is 6. The van der Waals surface area contributed by atoms with Gasteiger partial charge in [0.1, 0.15) is 0 Å². The molecule has 1 N–H and O–H groups in total. The Morgan fingerprint density at radius 3 is 2.70 bits per heavy atom. The molecular formula is C14H27N5O. The molecule has 1 saturated heterocycles. The molecule has 0 aliphatic carbocycles. The Balaban J connectivity index is 1.60. The average molecular weight is 281 g/mol. The minimum absolute atomic E-state index is 0.00157. The van der Waals surface area contributed by atoms with Crippen LogP contribution in [0.2, 0.25) is 0 Å². The Morgan fingerprint density at radius 1 is 1.30 bits per heavy atom. The first-order valence-corrected chi connectivity index (χ1v) is 7.48. The minimum Gasteiger partial charge on any atom is -0.379 e. The van der Waals surface area contributed by atoms with Gasteiger partial charge in [-0.15, -0.1) is 5.10 Å². The van der Waals surface area contributed by atoms with Gasteiger partial charge in [-0.05, 0) is 40.3 Å². The van der Waals surface area contributed by atoms with Crippen LogP contribution in [0.1, 0.15) is 32.9 Å². The van der Waals surface area contributed by atoms with Crippen molar-refractivity contribution < 1.29 is 4.74 Å². The predicted octanol–water partition coefficient (Wildman–Crippen LogP) is 0.845. The zero-order chi connectivity index (χ0) is 14.4. The van der Waals surface area contributed by atoms with Gasteiger partial charge in [0, 0.05) is 19.6 Å². The van der Waals surface area contributed by atoms with E-state index in [0.29, 0.717) is 0 Å². The molecule has 1 fully saturated rings. The third kappa shape index (κ3) is 4.85. The SMILES string of the molecule is CC(C)(C)n1cc(CNCCCN2CCOCC2)nn1. The third-order valence-corrected chi connectivity index (χ3v) is 3.47. The van der Waals surface area contributed by atoms with Crippen molar-refractivity contribution in [1.29, 1.82) is 0 Å². The summed E-state index contributed by atoms with van der Waals surface area (Å²) < 4.78 is 7.25. The van der Waals surface area contributed by atoms with Crippen molar-refractivity contribution in [2.24, 2.45) is 0 Å². The van der Waals surface area contributed by atoms with Crippen LogP contribution in [0.25, 0.3) is 0 Å². The van der Waals surface area contributed by atoms with Gasteiger partial charge in [-0.1, -0.05) is 5.21 Å². The van der Waals surface area contributed by atoms with E-state index >= 15 is 0 Å². The highest BCUT2D eigenvalue weighted by Crippen LogP contribution is 2.11. The fourth-order valence-electron chi connectivity index (χ4n) is 2.18. The van der Waals surface area contributed by atoms with E-state index in [-0.39, 0.29) is 5.54 Å². The molecule has 114 valence electrons. The molecule has 0 radical (unpaired) electrons. The van der Waals surface area contributed by atoms with Crippen molar-refractivity contribution in [2.45, 2.75) is 39.3 Å². The van der Waals surface area contributed by atoms with Gasteiger partial charge in [-0.2, -0.15) is 0 Å². The zero-order valence-corrected chi connectivity index (χ0v) is 12.9. The van der Waals surface area contributed by atoms with E-state index in [4.69, 9.17) is 4.74 Å². The topological polar surface area (TPSA) is 55.2 Å². The molecular weight excluding hydrogens is 254 g/mol. The van der Waals surface area contributed by atoms with E-state index in [2.05, 4.69) is 41.3 Å². The fourth-order valence-corrected chi connectivity index (χ4v) is 2.18. The average Bonchev–Trinajstić information content (AvgIpc) is 2.88. The highest BCUT2D eigenvalue weighted by atomic mass is 16.5. The first-order chi connectivity index (χ1) is 9.55. The molecule has 2 heterocycles. The van der Waals surface area contributed by atoms with Crippen molar-refractivity contribution in [3.63, 3.8) is 0 Å². The molecule has 1 aromatic rings. The molecule has 1 aliphatic rings. The fraction of sp³-hybridized carbons (Fsp3) is 0.857. The van der Waals surface area contributed by atoms with E-state index in [9.17, 15) is 0 Å². The van der Waals surface area contributed by atoms with Crippen LogP contribution in [-0.2, 0) is 16.8 Å². The second kappa shape index (κ2) is 7.15. The van der Waals surface area contributed by atoms with Crippen LogP contribution in [-0.4, -0.2) is 59.3 Å². The maximum atomic E-state index is 5.34. The van der Waals surface area contributed by atoms with Crippen molar-refractivity contribution >= 4 is 0 Å². The summed E-state index contributed by atoms with van der Waals surface area (Å²) in [5, 5.41) is 11.8. The Morgan fingerprint density at radius 2 is 2.05 bits per heavy atom. The van der Waals surface area contributed by atoms with Crippen molar-refractivity contribution in [1.82, 2.24) is 25.2 Å². The molecule has 2 rings (SSSR count). The lowest BCUT2D eigenvalue weighted by atomic mass is 10.1. The number of nitrogens with zero attached hydrogens (tertiary/aromatic N) is 4. The van der Waals surface area contributed by atoms with Crippen LogP contribution in [0, 0.1) is 0 Å². The highest BCUT2D eigenvalue weighted by molar-refractivity contribution is 4.93. The van der Waals surface area contributed by atoms with Crippen LogP contribution in [0.15, 0.2) is 6.20 Å². The summed E-state index contributed by atoms with van der Waals surface area (Å²) in [6.45, 7) is 13.2. The lowest BCUT2D eigenvalue weighted by Gasteiger charge is -2.26. The normalized spacial score (nSPS) is 17.6. The van der Waals surface area contributed by atoms with Gasteiger partial charge in [-0.25, -0.2) is 4.68 Å². The van der Waals surface area contributed by atoms with E-state index in [0.717, 1.165) is 58.1 Å². The predicted molar refractivity (Wildman–Crippen MR) is 78.6 cm³/mol. The van der Waals surface area contributed by atoms with Crippen LogP contribution in [0.5, 0.6) is 0 Å². The largest absolute Gasteiger partial charge is 0.379 e. The number of hydrogen-bond acceptors (Lipinski definition) is 5. The minimum atomic E-state index is 0.00157. The second-order valence-corrected chi connectivity index (χ2v) is 6.31. The summed E-state index contributed by atoms with van der Waals surface area (Å²) in [5.74, 6) is 0. The summed E-state index contributed by atoms with van der Waals surface area (Å²) in [6.07, 6.45) is 3.18. The molecule has 20 heavy (non-hydrogen) atoms. The first kappa shape index (κ1) is 15.4. The summed E-state index contributed by atoms with van der Waals surface area (Å²) in [4.78, 5) is 2.46. The summed E-state index contributed by atoms with van der Waals surface area (Å²) in [5.41, 5.74) is 1.01. The Hall–Kier alpha value is -0.980. The van der Waals surface area contributed by atoms with Crippen LogP contribution in [0.4, 0.5) is 0 Å². The Labute approximate surface area is 121 Å². The van der Waals surface area contributed by atoms with E-state index in [1.165, 1.54) is 0 Å². The van der Waals surface area contributed by atoms with Gasteiger partial charge < -0.3 is 10.1 Å². The van der Waals surface area contributed by atoms with Gasteiger partial charge in [0.25, 0.3) is 0 Å². The van der Waals surface area contributed by atoms with Crippen molar-refractivity contribution in [3.05, 3.63) is 11.9 Å². The van der Waals surface area contributed by atoms with Crippen LogP contribution < -0.4 is 5.32 Å². The molecule has 6 heteroatoms. The molecule has 0 bridgehead atoms. The maximum Gasteiger partial charge on any atom is 0.0965 e. The van der Waals surface area contributed by atoms with Crippen molar-refractivity contribution in [2.75, 3.05) is 39.4 Å². The molecule has 0 spiro atoms. The van der Waals surface area contributed by atoms with Crippen LogP contribution >= 0.6 is 0 Å². The quantitative estimate of drug-likeness (QED) is 0.783. The lowest BCUT2D eigenvalue weighted by molar-refractivity contribution is 0.0374. The number of morpholine rings is 1. The van der Waals surface area contributed by atoms with E-state index < -0.39 is 0 Å². The molecule has 1 aromatic heterocycles. The molecule has 0 aromatic carbocycles. The first-order valence-electron chi connectivity index (χ1n) is 7.48. The molecule has 0 unspecified atom stereocenters. The van der Waals surface area contributed by atoms with Gasteiger partial charge in [0.2, 0.25) is 0 Å². The standard InChI is InChI=1S/C14H27N5O/c1-14(2,3)19-12-13(16-17-19)11-15-5-4-6-18-7-9-20-10-8-18/h12,15H,4-11H2,1-3H3.